The summed E-state index contributed by atoms with van der Waals surface area (Å²) in [6.45, 7) is 2.48. The minimum Gasteiger partial charge on any atom is -0.495 e. The molecule has 0 saturated carbocycles. The van der Waals surface area contributed by atoms with E-state index in [9.17, 15) is 0 Å². The highest BCUT2D eigenvalue weighted by molar-refractivity contribution is 6.32. The van der Waals surface area contributed by atoms with Crippen molar-refractivity contribution < 1.29 is 4.74 Å². The van der Waals surface area contributed by atoms with Crippen LogP contribution in [-0.4, -0.2) is 31.7 Å². The summed E-state index contributed by atoms with van der Waals surface area (Å²) in [4.78, 5) is 0. The molecule has 0 aliphatic heterocycles. The third-order valence-corrected chi connectivity index (χ3v) is 3.12. The molecule has 0 aliphatic carbocycles. The lowest BCUT2D eigenvalue weighted by molar-refractivity contribution is 0.200. The maximum atomic E-state index is 6.16. The molecule has 0 heterocycles. The van der Waals surface area contributed by atoms with Crippen LogP contribution in [0.2, 0.25) is 5.02 Å². The van der Waals surface area contributed by atoms with Crippen LogP contribution in [0, 0.1) is 0 Å². The first-order valence-corrected chi connectivity index (χ1v) is 6.70. The van der Waals surface area contributed by atoms with E-state index in [4.69, 9.17) is 27.9 Å². The normalized spacial score (nSPS) is 13.2. The number of methoxy groups -OCH3 is 1. The highest BCUT2D eigenvalue weighted by Crippen LogP contribution is 2.30. The fourth-order valence-electron chi connectivity index (χ4n) is 1.87. The van der Waals surface area contributed by atoms with Crippen molar-refractivity contribution in [1.29, 1.82) is 0 Å². The summed E-state index contributed by atoms with van der Waals surface area (Å²) in [6.07, 6.45) is 0.770. The lowest BCUT2D eigenvalue weighted by atomic mass is 10.0. The SMILES string of the molecule is CNCCC(c1ccc(OC)c(Cl)c1)N(N)/N=C(/C)N. The van der Waals surface area contributed by atoms with Crippen LogP contribution in [0.3, 0.4) is 0 Å². The monoisotopic (exact) mass is 299 g/mol. The number of nitrogens with one attached hydrogen (secondary N) is 1. The first kappa shape index (κ1) is 16.6. The highest BCUT2D eigenvalue weighted by atomic mass is 35.5. The summed E-state index contributed by atoms with van der Waals surface area (Å²) in [5.41, 5.74) is 6.54. The number of nitrogens with zero attached hydrogens (tertiary/aromatic N) is 2. The van der Waals surface area contributed by atoms with E-state index < -0.39 is 0 Å². The first-order chi connectivity index (χ1) is 9.49. The molecule has 1 aromatic carbocycles. The quantitative estimate of drug-likeness (QED) is 0.307. The van der Waals surface area contributed by atoms with Crippen LogP contribution in [0.1, 0.15) is 24.9 Å². The maximum absolute atomic E-state index is 6.16. The third kappa shape index (κ3) is 4.56. The van der Waals surface area contributed by atoms with Crippen molar-refractivity contribution >= 4 is 17.4 Å². The van der Waals surface area contributed by atoms with E-state index in [1.54, 1.807) is 14.0 Å². The van der Waals surface area contributed by atoms with Gasteiger partial charge in [0, 0.05) is 0 Å². The average Bonchev–Trinajstić information content (AvgIpc) is 2.38. The molecular formula is C13H22ClN5O. The molecule has 0 aliphatic rings. The number of benzene rings is 1. The van der Waals surface area contributed by atoms with Crippen molar-refractivity contribution in [2.45, 2.75) is 19.4 Å². The standard InChI is InChI=1S/C13H22ClN5O/c1-9(15)18-19(16)12(6-7-17-2)10-4-5-13(20-3)11(14)8-10/h4-5,8,12,17H,6-7,16H2,1-3H3,(H2,15,18). The number of hydrazone groups is 1. The predicted molar refractivity (Wildman–Crippen MR) is 82.6 cm³/mol. The Morgan fingerprint density at radius 3 is 2.75 bits per heavy atom. The number of hydrazine groups is 1. The minimum atomic E-state index is -0.121. The van der Waals surface area contributed by atoms with E-state index in [0.29, 0.717) is 16.6 Å². The van der Waals surface area contributed by atoms with Gasteiger partial charge in [-0.05, 0) is 44.6 Å². The number of hydrogen-bond acceptors (Lipinski definition) is 5. The fourth-order valence-corrected chi connectivity index (χ4v) is 2.14. The summed E-state index contributed by atoms with van der Waals surface area (Å²) in [5, 5.41) is 9.09. The molecule has 6 nitrogen and oxygen atoms in total. The van der Waals surface area contributed by atoms with Gasteiger partial charge in [0.2, 0.25) is 0 Å². The van der Waals surface area contributed by atoms with Crippen molar-refractivity contribution in [2.75, 3.05) is 20.7 Å². The number of halogens is 1. The molecule has 0 amide bonds. The molecule has 20 heavy (non-hydrogen) atoms. The van der Waals surface area contributed by atoms with Crippen LogP contribution < -0.4 is 21.6 Å². The molecule has 0 aromatic heterocycles. The van der Waals surface area contributed by atoms with Crippen LogP contribution in [0.5, 0.6) is 5.75 Å². The Hall–Kier alpha value is -1.50. The van der Waals surface area contributed by atoms with Crippen molar-refractivity contribution in [3.8, 4) is 5.75 Å². The Balaban J connectivity index is 3.03. The fraction of sp³-hybridized carbons (Fsp3) is 0.462. The molecule has 1 atom stereocenters. The van der Waals surface area contributed by atoms with Gasteiger partial charge in [-0.1, -0.05) is 17.7 Å². The molecule has 0 radical (unpaired) electrons. The van der Waals surface area contributed by atoms with E-state index in [0.717, 1.165) is 18.5 Å². The molecule has 0 spiro atoms. The smallest absolute Gasteiger partial charge is 0.137 e. The molecule has 1 aromatic rings. The number of nitrogens with two attached hydrogens (primary N) is 2. The Kier molecular flexibility index (Phi) is 6.57. The first-order valence-electron chi connectivity index (χ1n) is 6.32. The molecule has 1 unspecified atom stereocenters. The zero-order valence-corrected chi connectivity index (χ0v) is 12.8. The molecule has 1 rings (SSSR count). The van der Waals surface area contributed by atoms with Gasteiger partial charge in [0.25, 0.3) is 0 Å². The van der Waals surface area contributed by atoms with Gasteiger partial charge in [-0.3, -0.25) is 0 Å². The zero-order chi connectivity index (χ0) is 15.1. The summed E-state index contributed by atoms with van der Waals surface area (Å²) in [7, 11) is 3.47. The van der Waals surface area contributed by atoms with Crippen molar-refractivity contribution in [2.24, 2.45) is 16.7 Å². The van der Waals surface area contributed by atoms with Crippen LogP contribution in [0.25, 0.3) is 0 Å². The predicted octanol–water partition coefficient (Wildman–Crippen LogP) is 1.47. The Morgan fingerprint density at radius 1 is 1.55 bits per heavy atom. The molecule has 112 valence electrons. The molecule has 0 fully saturated rings. The Labute approximate surface area is 124 Å². The number of amidine groups is 1. The second-order valence-corrected chi connectivity index (χ2v) is 4.83. The van der Waals surface area contributed by atoms with Gasteiger partial charge in [-0.15, -0.1) is 5.10 Å². The lowest BCUT2D eigenvalue weighted by Crippen LogP contribution is -2.34. The highest BCUT2D eigenvalue weighted by Gasteiger charge is 2.18. The molecule has 0 saturated heterocycles. The van der Waals surface area contributed by atoms with Gasteiger partial charge < -0.3 is 15.8 Å². The lowest BCUT2D eigenvalue weighted by Gasteiger charge is -2.26. The van der Waals surface area contributed by atoms with E-state index in [1.165, 1.54) is 5.12 Å². The number of ether oxygens (including phenoxy) is 1. The summed E-state index contributed by atoms with van der Waals surface area (Å²) in [6, 6.07) is 5.45. The van der Waals surface area contributed by atoms with Crippen LogP contribution in [0.15, 0.2) is 23.3 Å². The second kappa shape index (κ2) is 7.94. The van der Waals surface area contributed by atoms with Crippen LogP contribution in [-0.2, 0) is 0 Å². The minimum absolute atomic E-state index is 0.121. The van der Waals surface area contributed by atoms with Crippen molar-refractivity contribution in [3.05, 3.63) is 28.8 Å². The maximum Gasteiger partial charge on any atom is 0.137 e. The van der Waals surface area contributed by atoms with Gasteiger partial charge in [0.15, 0.2) is 0 Å². The average molecular weight is 300 g/mol. The molecular weight excluding hydrogens is 278 g/mol. The summed E-state index contributed by atoms with van der Waals surface area (Å²) >= 11 is 6.16. The van der Waals surface area contributed by atoms with Gasteiger partial charge in [-0.25, -0.2) is 11.0 Å². The molecule has 0 bridgehead atoms. The van der Waals surface area contributed by atoms with Crippen molar-refractivity contribution in [3.63, 3.8) is 0 Å². The van der Waals surface area contributed by atoms with Crippen LogP contribution >= 0.6 is 11.6 Å². The topological polar surface area (TPSA) is 88.9 Å². The zero-order valence-electron chi connectivity index (χ0n) is 12.1. The third-order valence-electron chi connectivity index (χ3n) is 2.82. The number of rotatable bonds is 7. The molecule has 5 N–H and O–H groups in total. The Morgan fingerprint density at radius 2 is 2.25 bits per heavy atom. The summed E-state index contributed by atoms with van der Waals surface area (Å²) < 4.78 is 5.15. The van der Waals surface area contributed by atoms with E-state index in [2.05, 4.69) is 10.4 Å². The van der Waals surface area contributed by atoms with E-state index in [-0.39, 0.29) is 6.04 Å². The number of hydrogen-bond donors (Lipinski definition) is 3. The van der Waals surface area contributed by atoms with Gasteiger partial charge >= 0.3 is 0 Å². The molecule has 7 heteroatoms. The Bertz CT molecular complexity index is 462. The van der Waals surface area contributed by atoms with Crippen LogP contribution in [0.4, 0.5) is 0 Å². The summed E-state index contributed by atoms with van der Waals surface area (Å²) in [5.74, 6) is 7.01. The van der Waals surface area contributed by atoms with E-state index >= 15 is 0 Å². The van der Waals surface area contributed by atoms with Gasteiger partial charge in [0.05, 0.1) is 18.2 Å². The second-order valence-electron chi connectivity index (χ2n) is 4.42. The van der Waals surface area contributed by atoms with E-state index in [1.807, 2.05) is 25.2 Å². The van der Waals surface area contributed by atoms with Gasteiger partial charge in [-0.2, -0.15) is 0 Å². The largest absolute Gasteiger partial charge is 0.495 e. The van der Waals surface area contributed by atoms with Crippen molar-refractivity contribution in [1.82, 2.24) is 10.4 Å². The van der Waals surface area contributed by atoms with Gasteiger partial charge in [0.1, 0.15) is 11.6 Å².